The van der Waals surface area contributed by atoms with E-state index in [2.05, 4.69) is 47.2 Å². The van der Waals surface area contributed by atoms with Gasteiger partial charge < -0.3 is 24.8 Å². The minimum absolute atomic E-state index is 0.160. The van der Waals surface area contributed by atoms with Crippen molar-refractivity contribution in [3.05, 3.63) is 29.3 Å². The van der Waals surface area contributed by atoms with Gasteiger partial charge in [-0.2, -0.15) is 0 Å². The molecule has 0 radical (unpaired) electrons. The summed E-state index contributed by atoms with van der Waals surface area (Å²) in [5.41, 5.74) is 3.63. The van der Waals surface area contributed by atoms with E-state index in [0.717, 1.165) is 64.5 Å². The monoisotopic (exact) mass is 372 g/mol. The van der Waals surface area contributed by atoms with Crippen LogP contribution in [0, 0.1) is 18.8 Å². The van der Waals surface area contributed by atoms with E-state index < -0.39 is 0 Å². The SMILES string of the molecule is CCN1CCN(c2c(C)cccc2COC(=O)N2CC3CNCC3C2)CC1. The van der Waals surface area contributed by atoms with Crippen molar-refractivity contribution in [2.24, 2.45) is 11.8 Å². The summed E-state index contributed by atoms with van der Waals surface area (Å²) < 4.78 is 5.74. The van der Waals surface area contributed by atoms with Crippen molar-refractivity contribution < 1.29 is 9.53 Å². The number of aryl methyl sites for hydroxylation is 1. The van der Waals surface area contributed by atoms with Gasteiger partial charge in [0.2, 0.25) is 0 Å². The van der Waals surface area contributed by atoms with Crippen molar-refractivity contribution in [3.8, 4) is 0 Å². The highest BCUT2D eigenvalue weighted by molar-refractivity contribution is 5.69. The molecule has 1 amide bonds. The van der Waals surface area contributed by atoms with Gasteiger partial charge in [0.05, 0.1) is 0 Å². The third-order valence-electron chi connectivity index (χ3n) is 6.46. The molecule has 2 unspecified atom stereocenters. The van der Waals surface area contributed by atoms with Crippen molar-refractivity contribution in [3.63, 3.8) is 0 Å². The number of hydrogen-bond donors (Lipinski definition) is 1. The molecule has 3 heterocycles. The minimum Gasteiger partial charge on any atom is -0.444 e. The average molecular weight is 373 g/mol. The van der Waals surface area contributed by atoms with E-state index in [1.807, 2.05) is 4.90 Å². The van der Waals surface area contributed by atoms with Crippen LogP contribution < -0.4 is 10.2 Å². The van der Waals surface area contributed by atoms with E-state index in [1.165, 1.54) is 11.3 Å². The molecule has 0 aliphatic carbocycles. The van der Waals surface area contributed by atoms with Gasteiger partial charge in [0.25, 0.3) is 0 Å². The number of anilines is 1. The molecule has 6 nitrogen and oxygen atoms in total. The Labute approximate surface area is 162 Å². The summed E-state index contributed by atoms with van der Waals surface area (Å²) in [6, 6.07) is 6.32. The van der Waals surface area contributed by atoms with Gasteiger partial charge in [-0.1, -0.05) is 25.1 Å². The number of para-hydroxylation sites is 1. The van der Waals surface area contributed by atoms with Gasteiger partial charge >= 0.3 is 6.09 Å². The summed E-state index contributed by atoms with van der Waals surface area (Å²) in [6.45, 7) is 13.8. The summed E-state index contributed by atoms with van der Waals surface area (Å²) in [6.07, 6.45) is -0.160. The molecule has 6 heteroatoms. The number of rotatable bonds is 4. The molecule has 1 N–H and O–H groups in total. The first-order valence-corrected chi connectivity index (χ1v) is 10.3. The summed E-state index contributed by atoms with van der Waals surface area (Å²) >= 11 is 0. The summed E-state index contributed by atoms with van der Waals surface area (Å²) in [7, 11) is 0. The molecule has 0 spiro atoms. The summed E-state index contributed by atoms with van der Waals surface area (Å²) in [5.74, 6) is 1.20. The van der Waals surface area contributed by atoms with E-state index in [1.54, 1.807) is 0 Å². The van der Waals surface area contributed by atoms with Gasteiger partial charge in [0.1, 0.15) is 6.61 Å². The lowest BCUT2D eigenvalue weighted by molar-refractivity contribution is 0.102. The number of likely N-dealkylation sites (N-methyl/N-ethyl adjacent to an activating group) is 1. The number of piperazine rings is 1. The molecule has 3 fully saturated rings. The zero-order chi connectivity index (χ0) is 18.8. The molecule has 1 aromatic rings. The van der Waals surface area contributed by atoms with Gasteiger partial charge in [-0.15, -0.1) is 0 Å². The number of amides is 1. The number of likely N-dealkylation sites (tertiary alicyclic amines) is 1. The highest BCUT2D eigenvalue weighted by Gasteiger charge is 2.38. The van der Waals surface area contributed by atoms with E-state index >= 15 is 0 Å². The molecule has 148 valence electrons. The zero-order valence-corrected chi connectivity index (χ0v) is 16.6. The Bertz CT molecular complexity index is 660. The highest BCUT2D eigenvalue weighted by atomic mass is 16.6. The van der Waals surface area contributed by atoms with Crippen LogP contribution in [-0.4, -0.2) is 74.8 Å². The number of benzene rings is 1. The molecule has 0 saturated carbocycles. The van der Waals surface area contributed by atoms with Crippen LogP contribution in [0.4, 0.5) is 10.5 Å². The molecule has 0 aromatic heterocycles. The summed E-state index contributed by atoms with van der Waals surface area (Å²) in [5, 5.41) is 3.41. The van der Waals surface area contributed by atoms with Crippen LogP contribution in [0.3, 0.4) is 0 Å². The number of nitrogens with one attached hydrogen (secondary N) is 1. The van der Waals surface area contributed by atoms with Crippen LogP contribution in [-0.2, 0) is 11.3 Å². The van der Waals surface area contributed by atoms with Crippen molar-refractivity contribution in [2.45, 2.75) is 20.5 Å². The van der Waals surface area contributed by atoms with E-state index in [0.29, 0.717) is 18.4 Å². The van der Waals surface area contributed by atoms with Crippen LogP contribution in [0.5, 0.6) is 0 Å². The second-order valence-electron chi connectivity index (χ2n) is 8.14. The third-order valence-corrected chi connectivity index (χ3v) is 6.46. The fourth-order valence-electron chi connectivity index (χ4n) is 4.81. The highest BCUT2D eigenvalue weighted by Crippen LogP contribution is 2.29. The first-order chi connectivity index (χ1) is 13.2. The van der Waals surface area contributed by atoms with Crippen LogP contribution in [0.2, 0.25) is 0 Å². The molecule has 4 rings (SSSR count). The maximum atomic E-state index is 12.6. The molecule has 2 atom stereocenters. The Hall–Kier alpha value is -1.79. The van der Waals surface area contributed by atoms with Crippen molar-refractivity contribution in [1.29, 1.82) is 0 Å². The lowest BCUT2D eigenvalue weighted by Crippen LogP contribution is -2.46. The Balaban J connectivity index is 1.39. The van der Waals surface area contributed by atoms with E-state index in [9.17, 15) is 4.79 Å². The van der Waals surface area contributed by atoms with Crippen LogP contribution >= 0.6 is 0 Å². The van der Waals surface area contributed by atoms with Gasteiger partial charge in [-0.3, -0.25) is 0 Å². The smallest absolute Gasteiger partial charge is 0.410 e. The average Bonchev–Trinajstić information content (AvgIpc) is 3.28. The first kappa shape index (κ1) is 18.6. The molecular formula is C21H32N4O2. The van der Waals surface area contributed by atoms with Crippen LogP contribution in [0.15, 0.2) is 18.2 Å². The Kier molecular flexibility index (Phi) is 5.55. The number of hydrogen-bond acceptors (Lipinski definition) is 5. The lowest BCUT2D eigenvalue weighted by atomic mass is 10.0. The zero-order valence-electron chi connectivity index (χ0n) is 16.6. The first-order valence-electron chi connectivity index (χ1n) is 10.3. The van der Waals surface area contributed by atoms with Crippen LogP contribution in [0.1, 0.15) is 18.1 Å². The Morgan fingerprint density at radius 1 is 1.15 bits per heavy atom. The quantitative estimate of drug-likeness (QED) is 0.875. The number of ether oxygens (including phenoxy) is 1. The molecule has 0 bridgehead atoms. The van der Waals surface area contributed by atoms with Gasteiger partial charge in [-0.05, 0) is 30.9 Å². The number of fused-ring (bicyclic) bond motifs is 1. The van der Waals surface area contributed by atoms with Gasteiger partial charge in [0, 0.05) is 63.6 Å². The molecule has 3 aliphatic heterocycles. The molecule has 3 aliphatic rings. The molecular weight excluding hydrogens is 340 g/mol. The van der Waals surface area contributed by atoms with Gasteiger partial charge in [0.15, 0.2) is 0 Å². The van der Waals surface area contributed by atoms with E-state index in [-0.39, 0.29) is 6.09 Å². The molecule has 1 aromatic carbocycles. The topological polar surface area (TPSA) is 48.1 Å². The normalized spacial score (nSPS) is 25.7. The maximum absolute atomic E-state index is 12.6. The van der Waals surface area contributed by atoms with Crippen molar-refractivity contribution in [2.75, 3.05) is 63.8 Å². The number of carbonyl (C=O) groups excluding carboxylic acids is 1. The molecule has 27 heavy (non-hydrogen) atoms. The number of nitrogens with zero attached hydrogens (tertiary/aromatic N) is 3. The maximum Gasteiger partial charge on any atom is 0.410 e. The predicted octanol–water partition coefficient (Wildman–Crippen LogP) is 1.92. The van der Waals surface area contributed by atoms with Gasteiger partial charge in [-0.25, -0.2) is 4.79 Å². The lowest BCUT2D eigenvalue weighted by Gasteiger charge is -2.37. The fourth-order valence-corrected chi connectivity index (χ4v) is 4.81. The second kappa shape index (κ2) is 8.07. The molecule has 3 saturated heterocycles. The summed E-state index contributed by atoms with van der Waals surface area (Å²) in [4.78, 5) is 19.4. The standard InChI is InChI=1S/C21H32N4O2/c1-3-23-7-9-24(10-8-23)20-16(2)5-4-6-17(20)15-27-21(26)25-13-18-11-22-12-19(18)14-25/h4-6,18-19,22H,3,7-15H2,1-2H3. The number of carbonyl (C=O) groups is 1. The Morgan fingerprint density at radius 2 is 1.85 bits per heavy atom. The second-order valence-corrected chi connectivity index (χ2v) is 8.14. The largest absolute Gasteiger partial charge is 0.444 e. The van der Waals surface area contributed by atoms with Crippen LogP contribution in [0.25, 0.3) is 0 Å². The Morgan fingerprint density at radius 3 is 2.52 bits per heavy atom. The fraction of sp³-hybridized carbons (Fsp3) is 0.667. The third kappa shape index (κ3) is 3.92. The van der Waals surface area contributed by atoms with E-state index in [4.69, 9.17) is 4.74 Å². The van der Waals surface area contributed by atoms with Crippen molar-refractivity contribution in [1.82, 2.24) is 15.1 Å². The van der Waals surface area contributed by atoms with Crippen molar-refractivity contribution >= 4 is 11.8 Å². The predicted molar refractivity (Wildman–Crippen MR) is 107 cm³/mol. The minimum atomic E-state index is -0.160.